The van der Waals surface area contributed by atoms with E-state index in [1.807, 2.05) is 0 Å². The highest BCUT2D eigenvalue weighted by atomic mass is 16.2. The Morgan fingerprint density at radius 2 is 2.16 bits per heavy atom. The van der Waals surface area contributed by atoms with Gasteiger partial charge in [-0.05, 0) is 52.1 Å². The molecule has 0 bridgehead atoms. The Bertz CT molecular complexity index is 289. The Hall–Kier alpha value is -0.610. The van der Waals surface area contributed by atoms with E-state index in [2.05, 4.69) is 29.0 Å². The fourth-order valence-electron chi connectivity index (χ4n) is 3.28. The van der Waals surface area contributed by atoms with Crippen molar-refractivity contribution in [3.63, 3.8) is 0 Å². The molecule has 0 aliphatic carbocycles. The molecule has 0 radical (unpaired) electrons. The van der Waals surface area contributed by atoms with Crippen molar-refractivity contribution in [3.05, 3.63) is 0 Å². The average Bonchev–Trinajstić information content (AvgIpc) is 2.91. The van der Waals surface area contributed by atoms with Gasteiger partial charge in [0.2, 0.25) is 5.91 Å². The van der Waals surface area contributed by atoms with Crippen molar-refractivity contribution in [1.82, 2.24) is 15.1 Å². The average molecular weight is 267 g/mol. The Kier molecular flexibility index (Phi) is 5.64. The molecular weight excluding hydrogens is 238 g/mol. The minimum Gasteiger partial charge on any atom is -0.339 e. The lowest BCUT2D eigenvalue weighted by Gasteiger charge is -2.35. The minimum atomic E-state index is 0.326. The van der Waals surface area contributed by atoms with Gasteiger partial charge in [-0.2, -0.15) is 0 Å². The van der Waals surface area contributed by atoms with Gasteiger partial charge in [-0.15, -0.1) is 0 Å². The molecule has 2 atom stereocenters. The smallest absolute Gasteiger partial charge is 0.236 e. The van der Waals surface area contributed by atoms with E-state index in [0.717, 1.165) is 26.2 Å². The molecule has 2 rings (SSSR count). The number of rotatable bonds is 5. The van der Waals surface area contributed by atoms with Crippen molar-refractivity contribution in [3.8, 4) is 0 Å². The van der Waals surface area contributed by atoms with E-state index in [1.54, 1.807) is 0 Å². The van der Waals surface area contributed by atoms with E-state index in [-0.39, 0.29) is 0 Å². The third kappa shape index (κ3) is 4.18. The fourth-order valence-corrected chi connectivity index (χ4v) is 3.28. The normalized spacial score (nSPS) is 28.1. The van der Waals surface area contributed by atoms with Gasteiger partial charge in [0.25, 0.3) is 0 Å². The van der Waals surface area contributed by atoms with Gasteiger partial charge in [0, 0.05) is 25.2 Å². The molecule has 2 fully saturated rings. The molecule has 2 saturated heterocycles. The van der Waals surface area contributed by atoms with Gasteiger partial charge >= 0.3 is 0 Å². The Balaban J connectivity index is 1.80. The number of piperidine rings is 1. The summed E-state index contributed by atoms with van der Waals surface area (Å²) < 4.78 is 0. The molecule has 0 aromatic heterocycles. The Labute approximate surface area is 117 Å². The molecule has 0 saturated carbocycles. The Morgan fingerprint density at radius 3 is 2.79 bits per heavy atom. The van der Waals surface area contributed by atoms with E-state index >= 15 is 0 Å². The van der Waals surface area contributed by atoms with Crippen LogP contribution in [-0.4, -0.2) is 60.5 Å². The first kappa shape index (κ1) is 14.8. The second kappa shape index (κ2) is 7.25. The van der Waals surface area contributed by atoms with Crippen LogP contribution in [-0.2, 0) is 4.79 Å². The van der Waals surface area contributed by atoms with Crippen LogP contribution in [0.5, 0.6) is 0 Å². The number of carbonyl (C=O) groups excluding carboxylic acids is 1. The van der Waals surface area contributed by atoms with Crippen LogP contribution in [0.25, 0.3) is 0 Å². The molecule has 0 spiro atoms. The van der Waals surface area contributed by atoms with Gasteiger partial charge in [-0.25, -0.2) is 0 Å². The number of likely N-dealkylation sites (N-methyl/N-ethyl adjacent to an activating group) is 1. The van der Waals surface area contributed by atoms with E-state index < -0.39 is 0 Å². The van der Waals surface area contributed by atoms with E-state index in [1.165, 1.54) is 32.1 Å². The fraction of sp³-hybridized carbons (Fsp3) is 0.933. The van der Waals surface area contributed by atoms with Crippen molar-refractivity contribution in [2.45, 2.75) is 58.0 Å². The summed E-state index contributed by atoms with van der Waals surface area (Å²) in [4.78, 5) is 16.8. The summed E-state index contributed by atoms with van der Waals surface area (Å²) in [5.41, 5.74) is 0. The molecule has 0 aromatic carbocycles. The van der Waals surface area contributed by atoms with Crippen molar-refractivity contribution < 1.29 is 4.79 Å². The highest BCUT2D eigenvalue weighted by Crippen LogP contribution is 2.17. The summed E-state index contributed by atoms with van der Waals surface area (Å²) in [5.74, 6) is 0.326. The SMILES string of the molecule is CCN(CC(=O)N1CCCCC1C)CC1CCCN1. The lowest BCUT2D eigenvalue weighted by molar-refractivity contribution is -0.135. The number of carbonyl (C=O) groups is 1. The van der Waals surface area contributed by atoms with Crippen molar-refractivity contribution >= 4 is 5.91 Å². The number of hydrogen-bond donors (Lipinski definition) is 1. The molecule has 19 heavy (non-hydrogen) atoms. The maximum Gasteiger partial charge on any atom is 0.236 e. The van der Waals surface area contributed by atoms with Crippen LogP contribution in [0, 0.1) is 0 Å². The van der Waals surface area contributed by atoms with Gasteiger partial charge in [0.05, 0.1) is 6.54 Å². The number of nitrogens with zero attached hydrogens (tertiary/aromatic N) is 2. The second-order valence-corrected chi connectivity index (χ2v) is 6.05. The van der Waals surface area contributed by atoms with E-state index in [4.69, 9.17) is 0 Å². The second-order valence-electron chi connectivity index (χ2n) is 6.05. The Morgan fingerprint density at radius 1 is 1.32 bits per heavy atom. The van der Waals surface area contributed by atoms with Crippen molar-refractivity contribution in [1.29, 1.82) is 0 Å². The largest absolute Gasteiger partial charge is 0.339 e. The van der Waals surface area contributed by atoms with Gasteiger partial charge < -0.3 is 10.2 Å². The molecule has 110 valence electrons. The zero-order chi connectivity index (χ0) is 13.7. The summed E-state index contributed by atoms with van der Waals surface area (Å²) in [7, 11) is 0. The quantitative estimate of drug-likeness (QED) is 0.819. The van der Waals surface area contributed by atoms with Crippen molar-refractivity contribution in [2.24, 2.45) is 0 Å². The highest BCUT2D eigenvalue weighted by Gasteiger charge is 2.25. The summed E-state index contributed by atoms with van der Waals surface area (Å²) in [6.07, 6.45) is 6.15. The molecule has 2 aliphatic rings. The molecule has 4 heteroatoms. The molecule has 1 amide bonds. The maximum absolute atomic E-state index is 12.4. The van der Waals surface area contributed by atoms with Crippen LogP contribution in [0.1, 0.15) is 46.0 Å². The summed E-state index contributed by atoms with van der Waals surface area (Å²) in [5, 5.41) is 3.52. The van der Waals surface area contributed by atoms with E-state index in [9.17, 15) is 4.79 Å². The van der Waals surface area contributed by atoms with Crippen LogP contribution in [0.15, 0.2) is 0 Å². The van der Waals surface area contributed by atoms with Crippen molar-refractivity contribution in [2.75, 3.05) is 32.7 Å². The van der Waals surface area contributed by atoms with Crippen LogP contribution in [0.4, 0.5) is 0 Å². The molecule has 2 aliphatic heterocycles. The number of nitrogens with one attached hydrogen (secondary N) is 1. The topological polar surface area (TPSA) is 35.6 Å². The van der Waals surface area contributed by atoms with Gasteiger partial charge in [0.15, 0.2) is 0 Å². The third-order valence-corrected chi connectivity index (χ3v) is 4.57. The summed E-state index contributed by atoms with van der Waals surface area (Å²) in [6.45, 7) is 9.02. The molecule has 4 nitrogen and oxygen atoms in total. The number of amides is 1. The number of likely N-dealkylation sites (tertiary alicyclic amines) is 1. The minimum absolute atomic E-state index is 0.326. The predicted molar refractivity (Wildman–Crippen MR) is 78.2 cm³/mol. The predicted octanol–water partition coefficient (Wildman–Crippen LogP) is 1.46. The highest BCUT2D eigenvalue weighted by molar-refractivity contribution is 5.78. The van der Waals surface area contributed by atoms with Gasteiger partial charge in [0.1, 0.15) is 0 Å². The molecule has 1 N–H and O–H groups in total. The molecule has 2 heterocycles. The van der Waals surface area contributed by atoms with Gasteiger partial charge in [-0.1, -0.05) is 6.92 Å². The van der Waals surface area contributed by atoms with Gasteiger partial charge in [-0.3, -0.25) is 9.69 Å². The van der Waals surface area contributed by atoms with Crippen LogP contribution < -0.4 is 5.32 Å². The zero-order valence-corrected chi connectivity index (χ0v) is 12.5. The lowest BCUT2D eigenvalue weighted by atomic mass is 10.0. The first-order valence-electron chi connectivity index (χ1n) is 7.96. The van der Waals surface area contributed by atoms with Crippen LogP contribution in [0.3, 0.4) is 0 Å². The maximum atomic E-state index is 12.4. The third-order valence-electron chi connectivity index (χ3n) is 4.57. The molecule has 2 unspecified atom stereocenters. The molecular formula is C15H29N3O. The monoisotopic (exact) mass is 267 g/mol. The van der Waals surface area contributed by atoms with Crippen LogP contribution in [0.2, 0.25) is 0 Å². The standard InChI is InChI=1S/C15H29N3O/c1-3-17(11-14-8-6-9-16-14)12-15(19)18-10-5-4-7-13(18)2/h13-14,16H,3-12H2,1-2H3. The summed E-state index contributed by atoms with van der Waals surface area (Å²) in [6, 6.07) is 1.02. The molecule has 0 aromatic rings. The lowest BCUT2D eigenvalue weighted by Crippen LogP contribution is -2.48. The van der Waals surface area contributed by atoms with Crippen LogP contribution >= 0.6 is 0 Å². The first-order valence-corrected chi connectivity index (χ1v) is 7.96. The van der Waals surface area contributed by atoms with E-state index in [0.29, 0.717) is 24.5 Å². The summed E-state index contributed by atoms with van der Waals surface area (Å²) >= 11 is 0. The number of hydrogen-bond acceptors (Lipinski definition) is 3. The first-order chi connectivity index (χ1) is 9.20. The zero-order valence-electron chi connectivity index (χ0n) is 12.5.